The molecule has 17 heavy (non-hydrogen) atoms. The van der Waals surface area contributed by atoms with E-state index in [9.17, 15) is 0 Å². The molecule has 1 heterocycles. The summed E-state index contributed by atoms with van der Waals surface area (Å²) in [6, 6.07) is 5.80. The lowest BCUT2D eigenvalue weighted by Gasteiger charge is -2.00. The smallest absolute Gasteiger partial charge is 0.354 e. The first-order valence-corrected chi connectivity index (χ1v) is 5.71. The van der Waals surface area contributed by atoms with Crippen LogP contribution in [0.25, 0.3) is 10.8 Å². The van der Waals surface area contributed by atoms with Crippen molar-refractivity contribution in [1.29, 1.82) is 0 Å². The molecule has 2 rings (SSSR count). The molecule has 2 aromatic rings. The number of hydrogen-bond donors (Lipinski definition) is 0. The van der Waals surface area contributed by atoms with E-state index in [0.29, 0.717) is 6.61 Å². The molecule has 90 valence electrons. The molecule has 3 heteroatoms. The van der Waals surface area contributed by atoms with Gasteiger partial charge in [-0.1, -0.05) is 0 Å². The fourth-order valence-electron chi connectivity index (χ4n) is 2.11. The first-order chi connectivity index (χ1) is 8.19. The van der Waals surface area contributed by atoms with E-state index >= 15 is 0 Å². The largest absolute Gasteiger partial charge is 0.493 e. The third kappa shape index (κ3) is 1.93. The second-order valence-electron chi connectivity index (χ2n) is 3.86. The molecule has 0 amide bonds. The van der Waals surface area contributed by atoms with E-state index in [1.54, 1.807) is 7.11 Å². The van der Waals surface area contributed by atoms with E-state index in [-0.39, 0.29) is 0 Å². The Hall–Kier alpha value is -1.77. The maximum absolute atomic E-state index is 5.68. The van der Waals surface area contributed by atoms with Gasteiger partial charge in [0, 0.05) is 6.07 Å². The normalized spacial score (nSPS) is 12.1. The van der Waals surface area contributed by atoms with E-state index in [0.717, 1.165) is 33.5 Å². The van der Waals surface area contributed by atoms with Crippen LogP contribution in [0, 0.1) is 13.8 Å². The van der Waals surface area contributed by atoms with Crippen molar-refractivity contribution in [2.75, 3.05) is 13.7 Å². The molecule has 0 aliphatic rings. The Bertz CT molecular complexity index is 609. The van der Waals surface area contributed by atoms with Gasteiger partial charge in [-0.2, -0.15) is 0 Å². The van der Waals surface area contributed by atoms with Gasteiger partial charge in [0.05, 0.1) is 12.0 Å². The van der Waals surface area contributed by atoms with Crippen molar-refractivity contribution >= 4 is 10.8 Å². The van der Waals surface area contributed by atoms with Gasteiger partial charge in [0.15, 0.2) is 0 Å². The highest BCUT2D eigenvalue weighted by atomic mass is 16.5. The molecule has 0 saturated heterocycles. The number of rotatable bonds is 2. The molecular formula is C14H17O3+. The minimum Gasteiger partial charge on any atom is -0.493 e. The highest BCUT2D eigenvalue weighted by Crippen LogP contribution is 2.29. The van der Waals surface area contributed by atoms with Crippen molar-refractivity contribution in [3.63, 3.8) is 0 Å². The molecule has 0 aliphatic carbocycles. The Kier molecular flexibility index (Phi) is 3.18. The predicted octanol–water partition coefficient (Wildman–Crippen LogP) is 2.97. The topological polar surface area (TPSA) is 33.7 Å². The highest BCUT2D eigenvalue weighted by Gasteiger charge is 2.16. The Morgan fingerprint density at radius 1 is 1.18 bits per heavy atom. The summed E-state index contributed by atoms with van der Waals surface area (Å²) in [6.07, 6.45) is 0. The maximum Gasteiger partial charge on any atom is 0.354 e. The van der Waals surface area contributed by atoms with Crippen LogP contribution in [0.15, 0.2) is 27.0 Å². The zero-order chi connectivity index (χ0) is 12.4. The summed E-state index contributed by atoms with van der Waals surface area (Å²) in [7, 11) is 1.66. The second-order valence-corrected chi connectivity index (χ2v) is 3.86. The molecule has 3 nitrogen and oxygen atoms in total. The molecular weight excluding hydrogens is 216 g/mol. The van der Waals surface area contributed by atoms with Crippen LogP contribution in [-0.2, 0) is 0 Å². The first kappa shape index (κ1) is 11.7. The zero-order valence-corrected chi connectivity index (χ0v) is 10.7. The Labute approximate surface area is 100 Å². The molecule has 0 saturated carbocycles. The van der Waals surface area contributed by atoms with Crippen LogP contribution in [0.1, 0.15) is 18.4 Å². The SMILES string of the molecule is CCOc1cccc(=[O+]C)c2c(C)oc(C)c12. The first-order valence-electron chi connectivity index (χ1n) is 5.71. The minimum atomic E-state index is 0.630. The van der Waals surface area contributed by atoms with Crippen LogP contribution < -0.4 is 10.2 Å². The van der Waals surface area contributed by atoms with Crippen LogP contribution in [-0.4, -0.2) is 13.7 Å². The summed E-state index contributed by atoms with van der Waals surface area (Å²) in [5.74, 6) is 2.54. The zero-order valence-electron chi connectivity index (χ0n) is 10.7. The van der Waals surface area contributed by atoms with Crippen LogP contribution >= 0.6 is 0 Å². The van der Waals surface area contributed by atoms with Crippen LogP contribution in [0.3, 0.4) is 0 Å². The van der Waals surface area contributed by atoms with Gasteiger partial charge in [0.2, 0.25) is 0 Å². The third-order valence-corrected chi connectivity index (χ3v) is 2.77. The summed E-state index contributed by atoms with van der Waals surface area (Å²) in [5, 5.41) is 1.98. The molecule has 0 unspecified atom stereocenters. The lowest BCUT2D eigenvalue weighted by Crippen LogP contribution is -1.98. The Morgan fingerprint density at radius 2 is 1.88 bits per heavy atom. The maximum atomic E-state index is 5.68. The Balaban J connectivity index is 2.98. The van der Waals surface area contributed by atoms with Gasteiger partial charge >= 0.3 is 5.43 Å². The van der Waals surface area contributed by atoms with Crippen molar-refractivity contribution in [3.05, 3.63) is 39.6 Å². The van der Waals surface area contributed by atoms with Crippen molar-refractivity contribution in [1.82, 2.24) is 0 Å². The molecule has 0 aliphatic heterocycles. The molecule has 0 atom stereocenters. The van der Waals surface area contributed by atoms with Gasteiger partial charge < -0.3 is 9.15 Å². The van der Waals surface area contributed by atoms with E-state index in [4.69, 9.17) is 13.6 Å². The number of fused-ring (bicyclic) bond motifs is 1. The highest BCUT2D eigenvalue weighted by molar-refractivity contribution is 5.91. The van der Waals surface area contributed by atoms with Gasteiger partial charge in [0.25, 0.3) is 7.11 Å². The summed E-state index contributed by atoms with van der Waals surface area (Å²) >= 11 is 0. The fraction of sp³-hybridized carbons (Fsp3) is 0.357. The van der Waals surface area contributed by atoms with Crippen LogP contribution in [0.5, 0.6) is 5.75 Å². The Morgan fingerprint density at radius 3 is 2.53 bits per heavy atom. The van der Waals surface area contributed by atoms with Gasteiger partial charge in [-0.25, -0.2) is 0 Å². The number of hydrogen-bond acceptors (Lipinski definition) is 2. The average molecular weight is 233 g/mol. The van der Waals surface area contributed by atoms with Gasteiger partial charge in [-0.05, 0) is 32.9 Å². The number of aryl methyl sites for hydroxylation is 2. The molecule has 0 spiro atoms. The monoisotopic (exact) mass is 233 g/mol. The molecule has 0 radical (unpaired) electrons. The lowest BCUT2D eigenvalue weighted by atomic mass is 10.2. The van der Waals surface area contributed by atoms with Crippen molar-refractivity contribution in [2.45, 2.75) is 20.8 Å². The standard InChI is InChI=1S/C14H17O3/c1-5-16-12-8-6-7-11(15-4)13-9(2)17-10(3)14(12)13/h6-8H,5H2,1-4H3/q+1. The fourth-order valence-corrected chi connectivity index (χ4v) is 2.11. The van der Waals surface area contributed by atoms with Gasteiger partial charge in [-0.15, -0.1) is 0 Å². The van der Waals surface area contributed by atoms with E-state index in [1.807, 2.05) is 39.0 Å². The summed E-state index contributed by atoms with van der Waals surface area (Å²) in [6.45, 7) is 6.48. The van der Waals surface area contributed by atoms with E-state index < -0.39 is 0 Å². The van der Waals surface area contributed by atoms with E-state index in [2.05, 4.69) is 0 Å². The van der Waals surface area contributed by atoms with Crippen LogP contribution in [0.2, 0.25) is 0 Å². The molecule has 0 fully saturated rings. The van der Waals surface area contributed by atoms with Gasteiger partial charge in [0.1, 0.15) is 22.7 Å². The molecule has 1 aromatic heterocycles. The van der Waals surface area contributed by atoms with Crippen molar-refractivity contribution < 1.29 is 9.15 Å². The predicted molar refractivity (Wildman–Crippen MR) is 69.1 cm³/mol. The van der Waals surface area contributed by atoms with Crippen LogP contribution in [0.4, 0.5) is 0 Å². The minimum absolute atomic E-state index is 0.630. The summed E-state index contributed by atoms with van der Waals surface area (Å²) in [5.41, 5.74) is 0.806. The number of furan rings is 1. The summed E-state index contributed by atoms with van der Waals surface area (Å²) in [4.78, 5) is 0. The van der Waals surface area contributed by atoms with Crippen molar-refractivity contribution in [2.24, 2.45) is 0 Å². The summed E-state index contributed by atoms with van der Waals surface area (Å²) < 4.78 is 16.7. The second kappa shape index (κ2) is 4.62. The number of ether oxygens (including phenoxy) is 1. The lowest BCUT2D eigenvalue weighted by molar-refractivity contribution is 0.344. The molecule has 0 bridgehead atoms. The van der Waals surface area contributed by atoms with Gasteiger partial charge in [-0.3, -0.25) is 4.42 Å². The molecule has 1 aromatic carbocycles. The van der Waals surface area contributed by atoms with E-state index in [1.165, 1.54) is 0 Å². The molecule has 0 N–H and O–H groups in total. The third-order valence-electron chi connectivity index (χ3n) is 2.77. The van der Waals surface area contributed by atoms with Crippen molar-refractivity contribution in [3.8, 4) is 5.75 Å². The average Bonchev–Trinajstić information content (AvgIpc) is 2.50. The quantitative estimate of drug-likeness (QED) is 0.747.